The van der Waals surface area contributed by atoms with E-state index in [0.29, 0.717) is 12.0 Å². The molecule has 0 unspecified atom stereocenters. The molecule has 3 aromatic rings. The summed E-state index contributed by atoms with van der Waals surface area (Å²) < 4.78 is 0. The molecule has 0 radical (unpaired) electrons. The highest BCUT2D eigenvalue weighted by Gasteiger charge is 2.08. The number of amides is 1. The minimum absolute atomic E-state index is 0.153. The molecule has 106 valence electrons. The van der Waals surface area contributed by atoms with Gasteiger partial charge in [-0.1, -0.05) is 48.5 Å². The molecule has 3 aromatic carbocycles. The molecule has 0 fully saturated rings. The molecule has 0 bridgehead atoms. The molecule has 0 spiro atoms. The molecule has 3 heteroatoms. The number of benzene rings is 3. The summed E-state index contributed by atoms with van der Waals surface area (Å²) in [4.78, 5) is 12.4. The van der Waals surface area contributed by atoms with Crippen LogP contribution in [0.2, 0.25) is 0 Å². The Labute approximate surface area is 128 Å². The summed E-state index contributed by atoms with van der Waals surface area (Å²) in [7, 11) is 0. The molecule has 0 atom stereocenters. The summed E-state index contributed by atoms with van der Waals surface area (Å²) in [6, 6.07) is 23.0. The fourth-order valence-corrected chi connectivity index (χ4v) is 2.39. The first-order valence-electron chi connectivity index (χ1n) is 7.03. The minimum Gasteiger partial charge on any atom is -0.321 e. The highest BCUT2D eigenvalue weighted by Crippen LogP contribution is 2.23. The van der Waals surface area contributed by atoms with Crippen molar-refractivity contribution >= 4 is 22.4 Å². The van der Waals surface area contributed by atoms with E-state index in [2.05, 4.69) is 11.4 Å². The maximum atomic E-state index is 12.4. The van der Waals surface area contributed by atoms with Gasteiger partial charge in [0.25, 0.3) is 5.91 Å². The van der Waals surface area contributed by atoms with Crippen molar-refractivity contribution < 1.29 is 4.79 Å². The fraction of sp³-hybridized carbons (Fsp3) is 0.0526. The van der Waals surface area contributed by atoms with Gasteiger partial charge in [0, 0.05) is 16.6 Å². The Balaban J connectivity index is 1.85. The Morgan fingerprint density at radius 1 is 0.955 bits per heavy atom. The van der Waals surface area contributed by atoms with Crippen LogP contribution in [0.5, 0.6) is 0 Å². The molecule has 0 saturated carbocycles. The highest BCUT2D eigenvalue weighted by atomic mass is 16.1. The van der Waals surface area contributed by atoms with E-state index in [1.165, 1.54) is 0 Å². The van der Waals surface area contributed by atoms with Crippen molar-refractivity contribution in [1.82, 2.24) is 0 Å². The summed E-state index contributed by atoms with van der Waals surface area (Å²) in [5.41, 5.74) is 2.28. The first kappa shape index (κ1) is 13.8. The smallest absolute Gasteiger partial charge is 0.255 e. The minimum atomic E-state index is -0.153. The average Bonchev–Trinajstić information content (AvgIpc) is 2.56. The third kappa shape index (κ3) is 2.82. The third-order valence-electron chi connectivity index (χ3n) is 3.54. The first-order valence-corrected chi connectivity index (χ1v) is 7.03. The van der Waals surface area contributed by atoms with Crippen LogP contribution in [0, 0.1) is 11.3 Å². The number of fused-ring (bicyclic) bond motifs is 1. The number of anilines is 1. The number of carbonyl (C=O) groups is 1. The van der Waals surface area contributed by atoms with Gasteiger partial charge in [-0.3, -0.25) is 4.79 Å². The molecule has 0 saturated heterocycles. The molecule has 3 nitrogen and oxygen atoms in total. The van der Waals surface area contributed by atoms with Crippen molar-refractivity contribution in [3.05, 3.63) is 77.9 Å². The summed E-state index contributed by atoms with van der Waals surface area (Å²) >= 11 is 0. The summed E-state index contributed by atoms with van der Waals surface area (Å²) in [5, 5.41) is 13.7. The summed E-state index contributed by atoms with van der Waals surface area (Å²) in [6.07, 6.45) is 0.352. The molecule has 22 heavy (non-hydrogen) atoms. The van der Waals surface area contributed by atoms with E-state index in [4.69, 9.17) is 5.26 Å². The predicted octanol–water partition coefficient (Wildman–Crippen LogP) is 4.16. The molecule has 0 aliphatic heterocycles. The number of hydrogen-bond acceptors (Lipinski definition) is 2. The zero-order valence-electron chi connectivity index (χ0n) is 11.9. The zero-order chi connectivity index (χ0) is 15.4. The monoisotopic (exact) mass is 286 g/mol. The fourth-order valence-electron chi connectivity index (χ4n) is 2.39. The van der Waals surface area contributed by atoms with Crippen molar-refractivity contribution in [2.24, 2.45) is 0 Å². The molecular formula is C19H14N2O. The van der Waals surface area contributed by atoms with Gasteiger partial charge in [-0.25, -0.2) is 0 Å². The number of rotatable bonds is 3. The molecule has 0 aliphatic carbocycles. The van der Waals surface area contributed by atoms with Gasteiger partial charge in [-0.15, -0.1) is 0 Å². The molecule has 0 heterocycles. The van der Waals surface area contributed by atoms with Gasteiger partial charge in [-0.05, 0) is 29.1 Å². The van der Waals surface area contributed by atoms with E-state index in [1.807, 2.05) is 42.5 Å². The molecular weight excluding hydrogens is 272 g/mol. The largest absolute Gasteiger partial charge is 0.321 e. The Kier molecular flexibility index (Phi) is 3.84. The molecule has 1 amide bonds. The normalized spacial score (nSPS) is 10.1. The van der Waals surface area contributed by atoms with Crippen molar-refractivity contribution in [2.45, 2.75) is 6.42 Å². The first-order chi connectivity index (χ1) is 10.8. The lowest BCUT2D eigenvalue weighted by atomic mass is 10.1. The van der Waals surface area contributed by atoms with Crippen LogP contribution < -0.4 is 5.32 Å². The van der Waals surface area contributed by atoms with Crippen molar-refractivity contribution in [1.29, 1.82) is 5.26 Å². The quantitative estimate of drug-likeness (QED) is 0.786. The highest BCUT2D eigenvalue weighted by molar-refractivity contribution is 6.09. The molecule has 0 aromatic heterocycles. The standard InChI is InChI=1S/C19H14N2O/c20-13-12-14-8-10-16(11-9-14)19(22)21-18-7-3-5-15-4-1-2-6-17(15)18/h1-11H,12H2,(H,21,22). The van der Waals surface area contributed by atoms with E-state index in [-0.39, 0.29) is 5.91 Å². The van der Waals surface area contributed by atoms with Crippen molar-refractivity contribution in [2.75, 3.05) is 5.32 Å². The van der Waals surface area contributed by atoms with Crippen LogP contribution in [0.4, 0.5) is 5.69 Å². The lowest BCUT2D eigenvalue weighted by molar-refractivity contribution is 0.102. The Morgan fingerprint density at radius 3 is 2.45 bits per heavy atom. The van der Waals surface area contributed by atoms with Crippen molar-refractivity contribution in [3.8, 4) is 6.07 Å². The number of nitrogens with one attached hydrogen (secondary N) is 1. The van der Waals surface area contributed by atoms with Crippen molar-refractivity contribution in [3.63, 3.8) is 0 Å². The van der Waals surface area contributed by atoms with Crippen LogP contribution in [0.1, 0.15) is 15.9 Å². The van der Waals surface area contributed by atoms with E-state index in [9.17, 15) is 4.79 Å². The SMILES string of the molecule is N#CCc1ccc(C(=O)Nc2cccc3ccccc23)cc1. The van der Waals surface area contributed by atoms with Gasteiger partial charge >= 0.3 is 0 Å². The van der Waals surface area contributed by atoms with Gasteiger partial charge < -0.3 is 5.32 Å². The van der Waals surface area contributed by atoms with Gasteiger partial charge in [0.05, 0.1) is 12.5 Å². The van der Waals surface area contributed by atoms with Crippen LogP contribution in [-0.2, 0) is 6.42 Å². The lowest BCUT2D eigenvalue weighted by Gasteiger charge is -2.09. The van der Waals surface area contributed by atoms with E-state index < -0.39 is 0 Å². The second-order valence-electron chi connectivity index (χ2n) is 5.01. The summed E-state index contributed by atoms with van der Waals surface area (Å²) in [6.45, 7) is 0. The molecule has 3 rings (SSSR count). The van der Waals surface area contributed by atoms with Gasteiger partial charge in [0.2, 0.25) is 0 Å². The zero-order valence-corrected chi connectivity index (χ0v) is 11.9. The van der Waals surface area contributed by atoms with E-state index in [1.54, 1.807) is 24.3 Å². The van der Waals surface area contributed by atoms with Crippen LogP contribution in [0.25, 0.3) is 10.8 Å². The summed E-state index contributed by atoms with van der Waals surface area (Å²) in [5.74, 6) is -0.153. The van der Waals surface area contributed by atoms with Crippen LogP contribution >= 0.6 is 0 Å². The van der Waals surface area contributed by atoms with Crippen LogP contribution in [0.15, 0.2) is 66.7 Å². The second-order valence-corrected chi connectivity index (χ2v) is 5.01. The van der Waals surface area contributed by atoms with Gasteiger partial charge in [0.15, 0.2) is 0 Å². The maximum absolute atomic E-state index is 12.4. The number of hydrogen-bond donors (Lipinski definition) is 1. The number of nitrogens with zero attached hydrogens (tertiary/aromatic N) is 1. The maximum Gasteiger partial charge on any atom is 0.255 e. The van der Waals surface area contributed by atoms with Crippen LogP contribution in [0.3, 0.4) is 0 Å². The predicted molar refractivity (Wildman–Crippen MR) is 87.7 cm³/mol. The topological polar surface area (TPSA) is 52.9 Å². The second kappa shape index (κ2) is 6.11. The molecule has 1 N–H and O–H groups in total. The van der Waals surface area contributed by atoms with Crippen LogP contribution in [-0.4, -0.2) is 5.91 Å². The number of carbonyl (C=O) groups excluding carboxylic acids is 1. The third-order valence-corrected chi connectivity index (χ3v) is 3.54. The molecule has 0 aliphatic rings. The Hall–Kier alpha value is -3.12. The lowest BCUT2D eigenvalue weighted by Crippen LogP contribution is -2.12. The van der Waals surface area contributed by atoms with E-state index >= 15 is 0 Å². The average molecular weight is 286 g/mol. The van der Waals surface area contributed by atoms with E-state index in [0.717, 1.165) is 22.0 Å². The van der Waals surface area contributed by atoms with Gasteiger partial charge in [-0.2, -0.15) is 5.26 Å². The number of nitriles is 1. The Bertz CT molecular complexity index is 855. The Morgan fingerprint density at radius 2 is 1.68 bits per heavy atom. The van der Waals surface area contributed by atoms with Gasteiger partial charge in [0.1, 0.15) is 0 Å².